The molecule has 0 radical (unpaired) electrons. The maximum atomic E-state index is 13.8. The minimum Gasteiger partial charge on any atom is -0.369 e. The molecule has 0 aliphatic heterocycles. The van der Waals surface area contributed by atoms with Gasteiger partial charge in [-0.25, -0.2) is 9.37 Å². The summed E-state index contributed by atoms with van der Waals surface area (Å²) in [6.07, 6.45) is 0. The minimum atomic E-state index is -0.405. The van der Waals surface area contributed by atoms with Crippen LogP contribution >= 0.6 is 39.1 Å². The molecule has 2 rings (SSSR count). The molecule has 2 aromatic rings. The molecule has 0 spiro atoms. The first-order valence-corrected chi connectivity index (χ1v) is 7.38. The average Bonchev–Trinajstić information content (AvgIpc) is 2.39. The van der Waals surface area contributed by atoms with Gasteiger partial charge in [0, 0.05) is 11.0 Å². The Morgan fingerprint density at radius 2 is 1.95 bits per heavy atom. The number of anilines is 3. The van der Waals surface area contributed by atoms with Crippen LogP contribution in [0.15, 0.2) is 28.7 Å². The first kappa shape index (κ1) is 15.4. The maximum absolute atomic E-state index is 13.8. The number of hydrogen-bond acceptors (Lipinski definition) is 3. The molecular weight excluding hydrogens is 368 g/mol. The van der Waals surface area contributed by atoms with Crippen LogP contribution < -0.4 is 10.6 Å². The SMILES string of the molecule is CCNc1nc(Nc2c(F)cccc2Br)c(Cl)cc1Cl. The molecule has 2 N–H and O–H groups in total. The number of halogens is 4. The third kappa shape index (κ3) is 3.34. The van der Waals surface area contributed by atoms with E-state index in [0.29, 0.717) is 32.7 Å². The smallest absolute Gasteiger partial charge is 0.151 e. The van der Waals surface area contributed by atoms with Crippen LogP contribution in [0.4, 0.5) is 21.7 Å². The van der Waals surface area contributed by atoms with Gasteiger partial charge in [0.15, 0.2) is 5.82 Å². The third-order valence-corrected chi connectivity index (χ3v) is 3.72. The number of pyridine rings is 1. The van der Waals surface area contributed by atoms with Crippen molar-refractivity contribution in [2.24, 2.45) is 0 Å². The number of nitrogens with one attached hydrogen (secondary N) is 2. The fraction of sp³-hybridized carbons (Fsp3) is 0.154. The highest BCUT2D eigenvalue weighted by atomic mass is 79.9. The molecule has 20 heavy (non-hydrogen) atoms. The van der Waals surface area contributed by atoms with E-state index in [-0.39, 0.29) is 5.69 Å². The topological polar surface area (TPSA) is 37.0 Å². The number of nitrogens with zero attached hydrogens (tertiary/aromatic N) is 1. The molecule has 0 aliphatic carbocycles. The Balaban J connectivity index is 2.40. The van der Waals surface area contributed by atoms with Gasteiger partial charge in [-0.3, -0.25) is 0 Å². The highest BCUT2D eigenvalue weighted by Gasteiger charge is 2.12. The number of para-hydroxylation sites is 1. The molecule has 0 saturated heterocycles. The Kier molecular flexibility index (Phi) is 5.07. The molecule has 0 fully saturated rings. The molecule has 1 aromatic heterocycles. The molecule has 0 aliphatic rings. The van der Waals surface area contributed by atoms with Gasteiger partial charge in [-0.05, 0) is 41.1 Å². The van der Waals surface area contributed by atoms with Gasteiger partial charge in [0.25, 0.3) is 0 Å². The normalized spacial score (nSPS) is 10.4. The summed E-state index contributed by atoms with van der Waals surface area (Å²) < 4.78 is 14.4. The van der Waals surface area contributed by atoms with Crippen LogP contribution in [0, 0.1) is 5.82 Å². The molecule has 0 amide bonds. The Morgan fingerprint density at radius 1 is 1.25 bits per heavy atom. The van der Waals surface area contributed by atoms with Crippen LogP contribution in [0.1, 0.15) is 6.92 Å². The largest absolute Gasteiger partial charge is 0.369 e. The maximum Gasteiger partial charge on any atom is 0.151 e. The molecule has 106 valence electrons. The van der Waals surface area contributed by atoms with E-state index in [1.54, 1.807) is 18.2 Å². The lowest BCUT2D eigenvalue weighted by atomic mass is 10.3. The van der Waals surface area contributed by atoms with Gasteiger partial charge >= 0.3 is 0 Å². The van der Waals surface area contributed by atoms with Crippen molar-refractivity contribution in [3.63, 3.8) is 0 Å². The Morgan fingerprint density at radius 3 is 2.60 bits per heavy atom. The van der Waals surface area contributed by atoms with Gasteiger partial charge in [-0.2, -0.15) is 0 Å². The highest BCUT2D eigenvalue weighted by molar-refractivity contribution is 9.10. The predicted octanol–water partition coefficient (Wildman–Crippen LogP) is 5.47. The summed E-state index contributed by atoms with van der Waals surface area (Å²) in [4.78, 5) is 4.27. The number of aromatic nitrogens is 1. The second-order valence-corrected chi connectivity index (χ2v) is 5.57. The van der Waals surface area contributed by atoms with E-state index in [2.05, 4.69) is 31.5 Å². The summed E-state index contributed by atoms with van der Waals surface area (Å²) in [5.74, 6) is 0.420. The summed E-state index contributed by atoms with van der Waals surface area (Å²) >= 11 is 15.4. The van der Waals surface area contributed by atoms with Gasteiger partial charge in [0.05, 0.1) is 15.7 Å². The second-order valence-electron chi connectivity index (χ2n) is 3.90. The van der Waals surface area contributed by atoms with Crippen LogP contribution in [-0.2, 0) is 0 Å². The van der Waals surface area contributed by atoms with E-state index in [0.717, 1.165) is 0 Å². The molecule has 0 saturated carbocycles. The Labute approximate surface area is 134 Å². The standard InChI is InChI=1S/C13H11BrCl2FN3/c1-2-18-12-8(15)6-9(16)13(20-12)19-11-7(14)4-3-5-10(11)17/h3-6H,2H2,1H3,(H2,18,19,20). The average molecular weight is 379 g/mol. The van der Waals surface area contributed by atoms with Gasteiger partial charge in [-0.15, -0.1) is 0 Å². The summed E-state index contributed by atoms with van der Waals surface area (Å²) in [5, 5.41) is 6.61. The number of benzene rings is 1. The predicted molar refractivity (Wildman–Crippen MR) is 85.8 cm³/mol. The van der Waals surface area contributed by atoms with E-state index in [4.69, 9.17) is 23.2 Å². The lowest BCUT2D eigenvalue weighted by molar-refractivity contribution is 0.631. The first-order valence-electron chi connectivity index (χ1n) is 5.84. The van der Waals surface area contributed by atoms with Gasteiger partial charge < -0.3 is 10.6 Å². The van der Waals surface area contributed by atoms with Crippen LogP contribution in [0.3, 0.4) is 0 Å². The number of rotatable bonds is 4. The fourth-order valence-electron chi connectivity index (χ4n) is 1.58. The van der Waals surface area contributed by atoms with Gasteiger partial charge in [-0.1, -0.05) is 29.3 Å². The minimum absolute atomic E-state index is 0.270. The molecular formula is C13H11BrCl2FN3. The fourth-order valence-corrected chi connectivity index (χ4v) is 2.50. The van der Waals surface area contributed by atoms with Crippen molar-refractivity contribution in [1.82, 2.24) is 4.98 Å². The Bertz CT molecular complexity index is 617. The van der Waals surface area contributed by atoms with E-state index in [9.17, 15) is 4.39 Å². The highest BCUT2D eigenvalue weighted by Crippen LogP contribution is 2.34. The molecule has 1 aromatic carbocycles. The van der Waals surface area contributed by atoms with E-state index >= 15 is 0 Å². The van der Waals surface area contributed by atoms with Crippen LogP contribution in [-0.4, -0.2) is 11.5 Å². The van der Waals surface area contributed by atoms with Crippen molar-refractivity contribution in [1.29, 1.82) is 0 Å². The van der Waals surface area contributed by atoms with Crippen molar-refractivity contribution in [3.8, 4) is 0 Å². The third-order valence-electron chi connectivity index (χ3n) is 2.48. The summed E-state index contributed by atoms with van der Waals surface area (Å²) in [5.41, 5.74) is 0.270. The molecule has 3 nitrogen and oxygen atoms in total. The molecule has 0 atom stereocenters. The van der Waals surface area contributed by atoms with E-state index < -0.39 is 5.82 Å². The van der Waals surface area contributed by atoms with Crippen molar-refractivity contribution in [3.05, 3.63) is 44.6 Å². The lowest BCUT2D eigenvalue weighted by Crippen LogP contribution is -2.04. The summed E-state index contributed by atoms with van der Waals surface area (Å²) in [7, 11) is 0. The van der Waals surface area contributed by atoms with E-state index in [1.165, 1.54) is 6.07 Å². The van der Waals surface area contributed by atoms with Gasteiger partial charge in [0.1, 0.15) is 11.6 Å². The second kappa shape index (κ2) is 6.61. The molecule has 1 heterocycles. The quantitative estimate of drug-likeness (QED) is 0.741. The van der Waals surface area contributed by atoms with E-state index in [1.807, 2.05) is 6.92 Å². The van der Waals surface area contributed by atoms with Crippen LogP contribution in [0.25, 0.3) is 0 Å². The van der Waals surface area contributed by atoms with Crippen LogP contribution in [0.2, 0.25) is 10.0 Å². The summed E-state index contributed by atoms with van der Waals surface area (Å²) in [6, 6.07) is 6.24. The monoisotopic (exact) mass is 377 g/mol. The zero-order chi connectivity index (χ0) is 14.7. The van der Waals surface area contributed by atoms with Crippen molar-refractivity contribution >= 4 is 56.5 Å². The zero-order valence-electron chi connectivity index (χ0n) is 10.5. The molecule has 0 unspecified atom stereocenters. The molecule has 0 bridgehead atoms. The Hall–Kier alpha value is -1.04. The van der Waals surface area contributed by atoms with Crippen molar-refractivity contribution < 1.29 is 4.39 Å². The van der Waals surface area contributed by atoms with Gasteiger partial charge in [0.2, 0.25) is 0 Å². The lowest BCUT2D eigenvalue weighted by Gasteiger charge is -2.13. The number of hydrogen-bond donors (Lipinski definition) is 2. The van der Waals surface area contributed by atoms with Crippen LogP contribution in [0.5, 0.6) is 0 Å². The van der Waals surface area contributed by atoms with Crippen molar-refractivity contribution in [2.45, 2.75) is 6.92 Å². The molecule has 7 heteroatoms. The zero-order valence-corrected chi connectivity index (χ0v) is 13.6. The first-order chi connectivity index (χ1) is 9.52. The summed E-state index contributed by atoms with van der Waals surface area (Å²) in [6.45, 7) is 2.59. The van der Waals surface area contributed by atoms with Crippen molar-refractivity contribution in [2.75, 3.05) is 17.2 Å².